The molecule has 2 N–H and O–H groups in total. The van der Waals surface area contributed by atoms with Crippen LogP contribution in [0.5, 0.6) is 0 Å². The number of rotatable bonds is 6. The quantitative estimate of drug-likeness (QED) is 0.451. The largest absolute Gasteiger partial charge is 0.367 e. The maximum absolute atomic E-state index is 8.84. The van der Waals surface area contributed by atoms with Crippen molar-refractivity contribution in [1.82, 2.24) is 5.23 Å². The molecule has 0 saturated heterocycles. The van der Waals surface area contributed by atoms with Gasteiger partial charge in [-0.1, -0.05) is 12.2 Å². The Morgan fingerprint density at radius 2 is 1.58 bits per heavy atom. The monoisotopic (exact) mass is 179 g/mol. The third-order valence-electron chi connectivity index (χ3n) is 0.946. The van der Waals surface area contributed by atoms with Crippen molar-refractivity contribution in [2.45, 2.75) is 39.8 Å². The Labute approximate surface area is 72.4 Å². The summed E-state index contributed by atoms with van der Waals surface area (Å²) in [6.07, 6.45) is -1.06. The van der Waals surface area contributed by atoms with Crippen LogP contribution in [0.4, 0.5) is 0 Å². The fourth-order valence-corrected chi connectivity index (χ4v) is 0.653. The van der Waals surface area contributed by atoms with Crippen LogP contribution in [0, 0.1) is 0 Å². The third-order valence-corrected chi connectivity index (χ3v) is 0.946. The molecule has 0 aromatic rings. The topological polar surface area (TPSA) is 62.2 Å². The van der Waals surface area contributed by atoms with Crippen molar-refractivity contribution in [3.8, 4) is 0 Å². The van der Waals surface area contributed by atoms with Gasteiger partial charge in [-0.15, -0.1) is 0 Å². The summed E-state index contributed by atoms with van der Waals surface area (Å²) in [5.74, 6) is 0. The Morgan fingerprint density at radius 1 is 1.17 bits per heavy atom. The van der Waals surface area contributed by atoms with Gasteiger partial charge in [0, 0.05) is 0 Å². The van der Waals surface area contributed by atoms with Crippen molar-refractivity contribution >= 4 is 0 Å². The number of aliphatic hydroxyl groups is 2. The lowest BCUT2D eigenvalue weighted by Gasteiger charge is -2.22. The van der Waals surface area contributed by atoms with Gasteiger partial charge < -0.3 is 10.2 Å². The van der Waals surface area contributed by atoms with Gasteiger partial charge in [0.1, 0.15) is 0 Å². The zero-order chi connectivity index (χ0) is 9.56. The molecule has 0 aliphatic rings. The zero-order valence-corrected chi connectivity index (χ0v) is 7.73. The van der Waals surface area contributed by atoms with Crippen molar-refractivity contribution in [3.63, 3.8) is 0 Å². The second-order valence-electron chi connectivity index (χ2n) is 2.47. The number of nitrogens with zero attached hydrogens (tertiary/aromatic N) is 1. The van der Waals surface area contributed by atoms with E-state index in [2.05, 4.69) is 0 Å². The first kappa shape index (κ1) is 11.8. The molecule has 0 amide bonds. The van der Waals surface area contributed by atoms with E-state index in [1.807, 2.05) is 6.92 Å². The first-order chi connectivity index (χ1) is 5.56. The van der Waals surface area contributed by atoms with E-state index in [1.54, 1.807) is 0 Å². The van der Waals surface area contributed by atoms with Crippen LogP contribution in [-0.2, 0) is 9.68 Å². The number of aliphatic hydroxyl groups excluding tert-OH is 2. The second kappa shape index (κ2) is 6.33. The molecular weight excluding hydrogens is 162 g/mol. The highest BCUT2D eigenvalue weighted by molar-refractivity contribution is 4.30. The number of hydrogen-bond donors (Lipinski definition) is 2. The average Bonchev–Trinajstić information content (AvgIpc) is 1.84. The maximum Gasteiger partial charge on any atom is 0.174 e. The molecule has 0 aromatic carbocycles. The van der Waals surface area contributed by atoms with E-state index in [9.17, 15) is 0 Å². The molecule has 0 spiro atoms. The van der Waals surface area contributed by atoms with E-state index in [1.165, 1.54) is 13.8 Å². The van der Waals surface area contributed by atoms with Gasteiger partial charge >= 0.3 is 0 Å². The Kier molecular flexibility index (Phi) is 6.23. The molecule has 0 rings (SSSR count). The second-order valence-corrected chi connectivity index (χ2v) is 2.47. The highest BCUT2D eigenvalue weighted by Crippen LogP contribution is 2.00. The molecular formula is C7H17NO4. The molecule has 2 unspecified atom stereocenters. The minimum Gasteiger partial charge on any atom is -0.367 e. The molecule has 0 aliphatic heterocycles. The molecule has 0 aliphatic carbocycles. The Morgan fingerprint density at radius 3 is 1.83 bits per heavy atom. The molecule has 5 heteroatoms. The lowest BCUT2D eigenvalue weighted by atomic mass is 10.5. The van der Waals surface area contributed by atoms with Crippen molar-refractivity contribution < 1.29 is 19.9 Å². The van der Waals surface area contributed by atoms with Crippen LogP contribution in [-0.4, -0.2) is 34.6 Å². The highest BCUT2D eigenvalue weighted by Gasteiger charge is 2.10. The normalized spacial score (nSPS) is 16.5. The minimum absolute atomic E-state index is 0.496. The van der Waals surface area contributed by atoms with Gasteiger partial charge in [-0.05, 0) is 20.3 Å². The standard InChI is InChI=1S/C7H17NO4/c1-4-5-8(11-6(2)9)12-7(3)10/h6-7,9-10H,4-5H2,1-3H3. The first-order valence-electron chi connectivity index (χ1n) is 4.03. The molecule has 12 heavy (non-hydrogen) atoms. The molecule has 5 nitrogen and oxygen atoms in total. The summed E-state index contributed by atoms with van der Waals surface area (Å²) in [7, 11) is 0. The van der Waals surface area contributed by atoms with E-state index in [4.69, 9.17) is 19.9 Å². The van der Waals surface area contributed by atoms with Crippen molar-refractivity contribution in [2.75, 3.05) is 6.54 Å². The SMILES string of the molecule is CCCN(OC(C)O)OC(C)O. The van der Waals surface area contributed by atoms with Crippen LogP contribution < -0.4 is 0 Å². The van der Waals surface area contributed by atoms with E-state index >= 15 is 0 Å². The summed E-state index contributed by atoms with van der Waals surface area (Å²) in [5, 5.41) is 18.8. The van der Waals surface area contributed by atoms with Gasteiger partial charge in [0.15, 0.2) is 12.6 Å². The Hall–Kier alpha value is -0.200. The molecule has 0 radical (unpaired) electrons. The average molecular weight is 179 g/mol. The first-order valence-corrected chi connectivity index (χ1v) is 4.03. The lowest BCUT2D eigenvalue weighted by Crippen LogP contribution is -2.32. The van der Waals surface area contributed by atoms with Gasteiger partial charge in [-0.2, -0.15) is 0 Å². The lowest BCUT2D eigenvalue weighted by molar-refractivity contribution is -0.441. The van der Waals surface area contributed by atoms with Gasteiger partial charge in [-0.3, -0.25) is 0 Å². The predicted molar refractivity (Wildman–Crippen MR) is 42.5 cm³/mol. The number of hydrogen-bond acceptors (Lipinski definition) is 5. The van der Waals surface area contributed by atoms with Crippen molar-refractivity contribution in [1.29, 1.82) is 0 Å². The third kappa shape index (κ3) is 6.51. The molecule has 0 aromatic heterocycles. The van der Waals surface area contributed by atoms with E-state index in [-0.39, 0.29) is 0 Å². The van der Waals surface area contributed by atoms with Crippen LogP contribution in [0.15, 0.2) is 0 Å². The summed E-state index contributed by atoms with van der Waals surface area (Å²) in [6.45, 7) is 5.36. The van der Waals surface area contributed by atoms with Gasteiger partial charge in [0.25, 0.3) is 0 Å². The van der Waals surface area contributed by atoms with E-state index < -0.39 is 12.6 Å². The number of hydroxylamine groups is 2. The van der Waals surface area contributed by atoms with Crippen molar-refractivity contribution in [3.05, 3.63) is 0 Å². The summed E-state index contributed by atoms with van der Waals surface area (Å²) in [5.41, 5.74) is 0. The molecule has 0 saturated carbocycles. The summed E-state index contributed by atoms with van der Waals surface area (Å²) < 4.78 is 0. The summed E-state index contributed by atoms with van der Waals surface area (Å²) >= 11 is 0. The molecule has 0 heterocycles. The van der Waals surface area contributed by atoms with Crippen molar-refractivity contribution in [2.24, 2.45) is 0 Å². The Bertz CT molecular complexity index is 97.6. The van der Waals surface area contributed by atoms with Gasteiger partial charge in [0.05, 0.1) is 6.54 Å². The van der Waals surface area contributed by atoms with E-state index in [0.29, 0.717) is 6.54 Å². The predicted octanol–water partition coefficient (Wildman–Crippen LogP) is 0.238. The molecule has 0 bridgehead atoms. The van der Waals surface area contributed by atoms with Crippen LogP contribution >= 0.6 is 0 Å². The zero-order valence-electron chi connectivity index (χ0n) is 7.73. The smallest absolute Gasteiger partial charge is 0.174 e. The fraction of sp³-hybridized carbons (Fsp3) is 1.00. The van der Waals surface area contributed by atoms with Crippen LogP contribution in [0.2, 0.25) is 0 Å². The maximum atomic E-state index is 8.84. The molecule has 0 fully saturated rings. The molecule has 2 atom stereocenters. The van der Waals surface area contributed by atoms with Crippen LogP contribution in [0.25, 0.3) is 0 Å². The van der Waals surface area contributed by atoms with Gasteiger partial charge in [-0.25, -0.2) is 9.68 Å². The molecule has 74 valence electrons. The highest BCUT2D eigenvalue weighted by atomic mass is 17.0. The van der Waals surface area contributed by atoms with E-state index in [0.717, 1.165) is 11.6 Å². The Balaban J connectivity index is 3.69. The van der Waals surface area contributed by atoms with Crippen LogP contribution in [0.3, 0.4) is 0 Å². The summed E-state index contributed by atoms with van der Waals surface area (Å²) in [6, 6.07) is 0. The van der Waals surface area contributed by atoms with Crippen LogP contribution in [0.1, 0.15) is 27.2 Å². The fourth-order valence-electron chi connectivity index (χ4n) is 0.653. The minimum atomic E-state index is -0.935. The van der Waals surface area contributed by atoms with Gasteiger partial charge in [0.2, 0.25) is 0 Å². The summed E-state index contributed by atoms with van der Waals surface area (Å²) in [4.78, 5) is 9.62.